The van der Waals surface area contributed by atoms with Crippen LogP contribution < -0.4 is 10.1 Å². The predicted molar refractivity (Wildman–Crippen MR) is 52.3 cm³/mol. The van der Waals surface area contributed by atoms with Gasteiger partial charge in [0.15, 0.2) is 11.6 Å². The Morgan fingerprint density at radius 2 is 2.06 bits per heavy atom. The first-order valence-corrected chi connectivity index (χ1v) is 4.52. The van der Waals surface area contributed by atoms with Gasteiger partial charge in [-0.15, -0.1) is 0 Å². The van der Waals surface area contributed by atoms with Crippen LogP contribution in [0.4, 0.5) is 23.2 Å². The fourth-order valence-electron chi connectivity index (χ4n) is 1.13. The first-order chi connectivity index (χ1) is 7.81. The molecule has 0 bridgehead atoms. The van der Waals surface area contributed by atoms with Crippen molar-refractivity contribution in [1.29, 1.82) is 0 Å². The number of anilines is 1. The van der Waals surface area contributed by atoms with E-state index in [2.05, 4.69) is 4.74 Å². The van der Waals surface area contributed by atoms with Crippen molar-refractivity contribution >= 4 is 11.6 Å². The summed E-state index contributed by atoms with van der Waals surface area (Å²) in [4.78, 5) is 10.9. The van der Waals surface area contributed by atoms with Crippen LogP contribution in [0.25, 0.3) is 0 Å². The van der Waals surface area contributed by atoms with Gasteiger partial charge < -0.3 is 10.1 Å². The predicted octanol–water partition coefficient (Wildman–Crippen LogP) is 2.73. The van der Waals surface area contributed by atoms with Crippen LogP contribution in [0.3, 0.4) is 0 Å². The highest BCUT2D eigenvalue weighted by molar-refractivity contribution is 5.91. The van der Waals surface area contributed by atoms with Crippen molar-refractivity contribution in [3.05, 3.63) is 24.0 Å². The third-order valence-corrected chi connectivity index (χ3v) is 1.80. The highest BCUT2D eigenvalue weighted by Crippen LogP contribution is 2.23. The third-order valence-electron chi connectivity index (χ3n) is 1.80. The number of amides is 1. The molecule has 0 fully saturated rings. The Balaban J connectivity index is 2.69. The molecule has 0 aliphatic rings. The number of methoxy groups -OCH3 is 1. The average Bonchev–Trinajstić information content (AvgIpc) is 2.14. The molecule has 17 heavy (non-hydrogen) atoms. The highest BCUT2D eigenvalue weighted by atomic mass is 19.4. The molecule has 0 atom stereocenters. The van der Waals surface area contributed by atoms with Gasteiger partial charge >= 0.3 is 6.18 Å². The van der Waals surface area contributed by atoms with E-state index < -0.39 is 24.3 Å². The summed E-state index contributed by atoms with van der Waals surface area (Å²) in [7, 11) is 1.25. The van der Waals surface area contributed by atoms with Crippen molar-refractivity contribution in [2.24, 2.45) is 0 Å². The third kappa shape index (κ3) is 4.29. The highest BCUT2D eigenvalue weighted by Gasteiger charge is 2.31. The van der Waals surface area contributed by atoms with Crippen LogP contribution in [0.1, 0.15) is 6.42 Å². The molecule has 7 heteroatoms. The number of rotatable bonds is 3. The van der Waals surface area contributed by atoms with E-state index in [1.807, 2.05) is 5.32 Å². The molecule has 1 aromatic rings. The second-order valence-electron chi connectivity index (χ2n) is 3.19. The number of hydrogen-bond acceptors (Lipinski definition) is 2. The number of nitrogens with one attached hydrogen (secondary N) is 1. The fraction of sp³-hybridized carbons (Fsp3) is 0.300. The summed E-state index contributed by atoms with van der Waals surface area (Å²) in [6, 6.07) is 3.34. The number of alkyl halides is 3. The van der Waals surface area contributed by atoms with Crippen LogP contribution in [-0.2, 0) is 4.79 Å². The van der Waals surface area contributed by atoms with E-state index in [-0.39, 0.29) is 11.4 Å². The van der Waals surface area contributed by atoms with Gasteiger partial charge in [0, 0.05) is 11.8 Å². The normalized spacial score (nSPS) is 11.1. The summed E-state index contributed by atoms with van der Waals surface area (Å²) in [5.74, 6) is -2.07. The first-order valence-electron chi connectivity index (χ1n) is 4.52. The number of ether oxygens (including phenoxy) is 1. The minimum atomic E-state index is -4.59. The summed E-state index contributed by atoms with van der Waals surface area (Å²) < 4.78 is 53.3. The van der Waals surface area contributed by atoms with Gasteiger partial charge in [-0.1, -0.05) is 0 Å². The molecule has 0 unspecified atom stereocenters. The lowest BCUT2D eigenvalue weighted by Gasteiger charge is -2.08. The number of hydrogen-bond donors (Lipinski definition) is 1. The maximum absolute atomic E-state index is 13.1. The molecule has 3 nitrogen and oxygen atoms in total. The quantitative estimate of drug-likeness (QED) is 0.839. The topological polar surface area (TPSA) is 38.3 Å². The molecule has 1 rings (SSSR count). The second-order valence-corrected chi connectivity index (χ2v) is 3.19. The Bertz CT molecular complexity index is 417. The SMILES string of the molecule is COc1ccc(NC(=O)CC(F)(F)F)cc1F. The molecule has 0 saturated carbocycles. The summed E-state index contributed by atoms with van der Waals surface area (Å²) in [6.07, 6.45) is -6.20. The summed E-state index contributed by atoms with van der Waals surface area (Å²) >= 11 is 0. The lowest BCUT2D eigenvalue weighted by Crippen LogP contribution is -2.21. The van der Waals surface area contributed by atoms with Gasteiger partial charge in [0.1, 0.15) is 6.42 Å². The summed E-state index contributed by atoms with van der Waals surface area (Å²) in [5, 5.41) is 1.94. The molecule has 1 amide bonds. The van der Waals surface area contributed by atoms with Gasteiger partial charge in [-0.3, -0.25) is 4.79 Å². The van der Waals surface area contributed by atoms with Gasteiger partial charge in [-0.2, -0.15) is 13.2 Å². The minimum Gasteiger partial charge on any atom is -0.494 e. The van der Waals surface area contributed by atoms with E-state index in [0.29, 0.717) is 0 Å². The van der Waals surface area contributed by atoms with Crippen LogP contribution in [0.15, 0.2) is 18.2 Å². The van der Waals surface area contributed by atoms with Crippen molar-refractivity contribution in [2.75, 3.05) is 12.4 Å². The van der Waals surface area contributed by atoms with Crippen LogP contribution in [0.5, 0.6) is 5.75 Å². The Morgan fingerprint density at radius 1 is 1.41 bits per heavy atom. The molecular weight excluding hydrogens is 242 g/mol. The minimum absolute atomic E-state index is 0.0566. The number of carbonyl (C=O) groups excluding carboxylic acids is 1. The van der Waals surface area contributed by atoms with Gasteiger partial charge in [-0.05, 0) is 12.1 Å². The largest absolute Gasteiger partial charge is 0.494 e. The van der Waals surface area contributed by atoms with Crippen molar-refractivity contribution in [3.8, 4) is 5.75 Å². The van der Waals surface area contributed by atoms with Gasteiger partial charge in [0.25, 0.3) is 0 Å². The maximum atomic E-state index is 13.1. The molecule has 0 spiro atoms. The zero-order chi connectivity index (χ0) is 13.1. The molecule has 94 valence electrons. The van der Waals surface area contributed by atoms with E-state index in [0.717, 1.165) is 6.07 Å². The lowest BCUT2D eigenvalue weighted by atomic mass is 10.2. The molecule has 1 N–H and O–H groups in total. The van der Waals surface area contributed by atoms with Gasteiger partial charge in [0.05, 0.1) is 7.11 Å². The standard InChI is InChI=1S/C10H9F4NO2/c1-17-8-3-2-6(4-7(8)11)15-9(16)5-10(12,13)14/h2-4H,5H2,1H3,(H,15,16). The number of benzene rings is 1. The zero-order valence-corrected chi connectivity index (χ0v) is 8.77. The molecule has 0 heterocycles. The lowest BCUT2D eigenvalue weighted by molar-refractivity contribution is -0.150. The summed E-state index contributed by atoms with van der Waals surface area (Å²) in [6.45, 7) is 0. The number of halogens is 4. The molecule has 0 radical (unpaired) electrons. The van der Waals surface area contributed by atoms with Crippen LogP contribution in [0.2, 0.25) is 0 Å². The molecule has 0 aliphatic heterocycles. The zero-order valence-electron chi connectivity index (χ0n) is 8.77. The monoisotopic (exact) mass is 251 g/mol. The van der Waals surface area contributed by atoms with Crippen molar-refractivity contribution in [3.63, 3.8) is 0 Å². The molecule has 0 aromatic heterocycles. The van der Waals surface area contributed by atoms with Crippen LogP contribution in [-0.4, -0.2) is 19.2 Å². The Hall–Kier alpha value is -1.79. The smallest absolute Gasteiger partial charge is 0.397 e. The molecule has 1 aromatic carbocycles. The van der Waals surface area contributed by atoms with E-state index in [1.165, 1.54) is 19.2 Å². The first kappa shape index (κ1) is 13.3. The van der Waals surface area contributed by atoms with E-state index in [4.69, 9.17) is 0 Å². The van der Waals surface area contributed by atoms with E-state index in [9.17, 15) is 22.4 Å². The Kier molecular flexibility index (Phi) is 3.93. The fourth-order valence-corrected chi connectivity index (χ4v) is 1.13. The summed E-state index contributed by atoms with van der Waals surface area (Å²) in [5.41, 5.74) is -0.0578. The molecule has 0 aliphatic carbocycles. The van der Waals surface area contributed by atoms with Crippen molar-refractivity contribution < 1.29 is 27.1 Å². The Morgan fingerprint density at radius 3 is 2.53 bits per heavy atom. The average molecular weight is 251 g/mol. The Labute approximate surface area is 94.4 Å². The van der Waals surface area contributed by atoms with Crippen molar-refractivity contribution in [2.45, 2.75) is 12.6 Å². The van der Waals surface area contributed by atoms with E-state index >= 15 is 0 Å². The van der Waals surface area contributed by atoms with Crippen LogP contribution in [0, 0.1) is 5.82 Å². The van der Waals surface area contributed by atoms with Crippen LogP contribution >= 0.6 is 0 Å². The van der Waals surface area contributed by atoms with Gasteiger partial charge in [-0.25, -0.2) is 4.39 Å². The molecule has 0 saturated heterocycles. The number of carbonyl (C=O) groups is 1. The van der Waals surface area contributed by atoms with Crippen molar-refractivity contribution in [1.82, 2.24) is 0 Å². The molecular formula is C10H9F4NO2. The van der Waals surface area contributed by atoms with Gasteiger partial charge in [0.2, 0.25) is 5.91 Å². The second kappa shape index (κ2) is 5.03. The van der Waals surface area contributed by atoms with E-state index in [1.54, 1.807) is 0 Å². The maximum Gasteiger partial charge on any atom is 0.397 e.